The Morgan fingerprint density at radius 1 is 1.10 bits per heavy atom. The molecule has 5 rings (SSSR count). The molecule has 0 atom stereocenters. The minimum atomic E-state index is -0.250. The summed E-state index contributed by atoms with van der Waals surface area (Å²) in [6.45, 7) is 3.06. The van der Waals surface area contributed by atoms with Crippen LogP contribution in [0.15, 0.2) is 21.3 Å². The first-order chi connectivity index (χ1) is 15.0. The van der Waals surface area contributed by atoms with E-state index in [9.17, 15) is 14.4 Å². The van der Waals surface area contributed by atoms with E-state index >= 15 is 0 Å². The Morgan fingerprint density at radius 2 is 1.84 bits per heavy atom. The molecule has 1 aliphatic carbocycles. The first-order valence-electron chi connectivity index (χ1n) is 11.3. The van der Waals surface area contributed by atoms with Crippen LogP contribution in [0.5, 0.6) is 5.75 Å². The van der Waals surface area contributed by atoms with Gasteiger partial charge >= 0.3 is 5.63 Å². The lowest BCUT2D eigenvalue weighted by atomic mass is 9.86. The van der Waals surface area contributed by atoms with Gasteiger partial charge in [-0.1, -0.05) is 0 Å². The van der Waals surface area contributed by atoms with E-state index < -0.39 is 0 Å². The number of amides is 2. The molecule has 31 heavy (non-hydrogen) atoms. The maximum Gasteiger partial charge on any atom is 0.339 e. The number of nitrogens with zero attached hydrogens (tertiary/aromatic N) is 1. The predicted molar refractivity (Wildman–Crippen MR) is 115 cm³/mol. The number of hydrogen-bond acceptors (Lipinski definition) is 5. The number of ether oxygens (including phenoxy) is 1. The van der Waals surface area contributed by atoms with Gasteiger partial charge in [-0.3, -0.25) is 9.59 Å². The zero-order valence-electron chi connectivity index (χ0n) is 17.9. The molecule has 0 radical (unpaired) electrons. The third-order valence-electron chi connectivity index (χ3n) is 7.25. The van der Waals surface area contributed by atoms with Crippen molar-refractivity contribution in [1.82, 2.24) is 10.2 Å². The first-order valence-corrected chi connectivity index (χ1v) is 11.3. The van der Waals surface area contributed by atoms with Gasteiger partial charge in [0.05, 0.1) is 0 Å². The Hall–Kier alpha value is -2.83. The SMILES string of the molecule is Cc1c(OCC(=O)N2CCC3(CCC(=O)N3)CC2)ccc2c3c(c(=O)oc12)CCCC3. The van der Waals surface area contributed by atoms with Crippen LogP contribution in [0.3, 0.4) is 0 Å². The van der Waals surface area contributed by atoms with Gasteiger partial charge < -0.3 is 19.4 Å². The second kappa shape index (κ2) is 7.70. The van der Waals surface area contributed by atoms with Crippen molar-refractivity contribution >= 4 is 22.8 Å². The lowest BCUT2D eigenvalue weighted by Crippen LogP contribution is -2.52. The number of benzene rings is 1. The highest BCUT2D eigenvalue weighted by atomic mass is 16.5. The smallest absolute Gasteiger partial charge is 0.339 e. The van der Waals surface area contributed by atoms with Crippen LogP contribution < -0.4 is 15.7 Å². The van der Waals surface area contributed by atoms with Crippen LogP contribution in [0.4, 0.5) is 0 Å². The molecule has 1 spiro atoms. The molecule has 2 aliphatic heterocycles. The van der Waals surface area contributed by atoms with Gasteiger partial charge in [-0.2, -0.15) is 0 Å². The molecule has 0 bridgehead atoms. The Morgan fingerprint density at radius 3 is 2.55 bits per heavy atom. The second-order valence-corrected chi connectivity index (χ2v) is 9.12. The molecule has 3 heterocycles. The van der Waals surface area contributed by atoms with Crippen LogP contribution in [0.25, 0.3) is 11.0 Å². The summed E-state index contributed by atoms with van der Waals surface area (Å²) in [7, 11) is 0. The van der Waals surface area contributed by atoms with Crippen molar-refractivity contribution in [2.45, 2.75) is 63.8 Å². The second-order valence-electron chi connectivity index (χ2n) is 9.12. The van der Waals surface area contributed by atoms with Crippen molar-refractivity contribution in [3.63, 3.8) is 0 Å². The summed E-state index contributed by atoms with van der Waals surface area (Å²) < 4.78 is 11.5. The van der Waals surface area contributed by atoms with Gasteiger partial charge in [0.2, 0.25) is 5.91 Å². The Kier molecular flexibility index (Phi) is 4.99. The molecule has 1 aromatic carbocycles. The van der Waals surface area contributed by atoms with Gasteiger partial charge in [-0.05, 0) is 69.6 Å². The van der Waals surface area contributed by atoms with Crippen LogP contribution in [-0.2, 0) is 22.4 Å². The molecular formula is C24H28N2O5. The quantitative estimate of drug-likeness (QED) is 0.766. The summed E-state index contributed by atoms with van der Waals surface area (Å²) in [4.78, 5) is 38.5. The Bertz CT molecular complexity index is 1110. The largest absolute Gasteiger partial charge is 0.483 e. The van der Waals surface area contributed by atoms with Gasteiger partial charge in [0, 0.05) is 41.6 Å². The maximum absolute atomic E-state index is 12.7. The molecule has 2 aromatic rings. The van der Waals surface area contributed by atoms with Gasteiger partial charge in [0.25, 0.3) is 5.91 Å². The van der Waals surface area contributed by atoms with Crippen molar-refractivity contribution < 1.29 is 18.7 Å². The van der Waals surface area contributed by atoms with Crippen molar-refractivity contribution in [2.75, 3.05) is 19.7 Å². The number of likely N-dealkylation sites (tertiary alicyclic amines) is 1. The summed E-state index contributed by atoms with van der Waals surface area (Å²) in [6, 6.07) is 3.82. The van der Waals surface area contributed by atoms with E-state index in [-0.39, 0.29) is 29.6 Å². The molecule has 0 saturated carbocycles. The van der Waals surface area contributed by atoms with E-state index in [0.29, 0.717) is 30.8 Å². The topological polar surface area (TPSA) is 88.9 Å². The van der Waals surface area contributed by atoms with Crippen molar-refractivity contribution in [3.8, 4) is 5.75 Å². The number of carbonyl (C=O) groups excluding carboxylic acids is 2. The number of rotatable bonds is 3. The molecule has 164 valence electrons. The molecule has 0 unspecified atom stereocenters. The highest BCUT2D eigenvalue weighted by Gasteiger charge is 2.41. The number of piperidine rings is 1. The van der Waals surface area contributed by atoms with E-state index in [4.69, 9.17) is 9.15 Å². The number of hydrogen-bond donors (Lipinski definition) is 1. The Balaban J connectivity index is 1.28. The fourth-order valence-electron chi connectivity index (χ4n) is 5.34. The standard InChI is InChI=1S/C24H28N2O5/c1-15-19(7-6-17-16-4-2-3-5-18(16)23(29)31-22(15)17)30-14-21(28)26-12-10-24(11-13-26)9-8-20(27)25-24/h6-7H,2-5,8-14H2,1H3,(H,25,27). The highest BCUT2D eigenvalue weighted by molar-refractivity contribution is 5.86. The van der Waals surface area contributed by atoms with Gasteiger partial charge in [0.1, 0.15) is 11.3 Å². The average molecular weight is 424 g/mol. The number of nitrogens with one attached hydrogen (secondary N) is 1. The lowest BCUT2D eigenvalue weighted by molar-refractivity contribution is -0.135. The van der Waals surface area contributed by atoms with Crippen LogP contribution in [-0.4, -0.2) is 41.9 Å². The van der Waals surface area contributed by atoms with Gasteiger partial charge in [-0.25, -0.2) is 4.79 Å². The maximum atomic E-state index is 12.7. The normalized spacial score (nSPS) is 20.0. The van der Waals surface area contributed by atoms with E-state index in [2.05, 4.69) is 5.32 Å². The highest BCUT2D eigenvalue weighted by Crippen LogP contribution is 2.33. The third kappa shape index (κ3) is 3.60. The zero-order valence-corrected chi connectivity index (χ0v) is 17.9. The molecule has 7 heteroatoms. The summed E-state index contributed by atoms with van der Waals surface area (Å²) in [5.74, 6) is 0.615. The molecule has 1 N–H and O–H groups in total. The van der Waals surface area contributed by atoms with Crippen LogP contribution >= 0.6 is 0 Å². The Labute approximate surface area is 180 Å². The first kappa shape index (κ1) is 20.1. The van der Waals surface area contributed by atoms with Gasteiger partial charge in [0.15, 0.2) is 6.61 Å². The third-order valence-corrected chi connectivity index (χ3v) is 7.25. The zero-order chi connectivity index (χ0) is 21.6. The van der Waals surface area contributed by atoms with Crippen LogP contribution in [0.2, 0.25) is 0 Å². The monoisotopic (exact) mass is 424 g/mol. The number of fused-ring (bicyclic) bond motifs is 3. The molecule has 7 nitrogen and oxygen atoms in total. The van der Waals surface area contributed by atoms with E-state index in [1.54, 1.807) is 0 Å². The van der Waals surface area contributed by atoms with Crippen LogP contribution in [0.1, 0.15) is 55.2 Å². The number of carbonyl (C=O) groups is 2. The molecular weight excluding hydrogens is 396 g/mol. The average Bonchev–Trinajstić information content (AvgIpc) is 3.14. The van der Waals surface area contributed by atoms with Crippen molar-refractivity contribution in [3.05, 3.63) is 39.2 Å². The van der Waals surface area contributed by atoms with E-state index in [0.717, 1.165) is 67.0 Å². The summed E-state index contributed by atoms with van der Waals surface area (Å²) in [6.07, 6.45) is 6.79. The molecule has 2 saturated heterocycles. The number of aryl methyl sites for hydroxylation is 2. The fraction of sp³-hybridized carbons (Fsp3) is 0.542. The summed E-state index contributed by atoms with van der Waals surface area (Å²) >= 11 is 0. The van der Waals surface area contributed by atoms with Crippen molar-refractivity contribution in [1.29, 1.82) is 0 Å². The lowest BCUT2D eigenvalue weighted by Gasteiger charge is -2.39. The molecule has 2 fully saturated rings. The van der Waals surface area contributed by atoms with Crippen molar-refractivity contribution in [2.24, 2.45) is 0 Å². The van der Waals surface area contributed by atoms with Gasteiger partial charge in [-0.15, -0.1) is 0 Å². The fourth-order valence-corrected chi connectivity index (χ4v) is 5.34. The van der Waals surface area contributed by atoms with E-state index in [1.807, 2.05) is 24.0 Å². The molecule has 1 aromatic heterocycles. The molecule has 2 amide bonds. The minimum absolute atomic E-state index is 0.0547. The predicted octanol–water partition coefficient (Wildman–Crippen LogP) is 2.63. The van der Waals surface area contributed by atoms with Crippen LogP contribution in [0, 0.1) is 6.92 Å². The molecule has 3 aliphatic rings. The summed E-state index contributed by atoms with van der Waals surface area (Å²) in [5.41, 5.74) is 2.85. The van der Waals surface area contributed by atoms with E-state index in [1.165, 1.54) is 0 Å². The minimum Gasteiger partial charge on any atom is -0.483 e. The summed E-state index contributed by atoms with van der Waals surface area (Å²) in [5, 5.41) is 4.07.